The van der Waals surface area contributed by atoms with Gasteiger partial charge in [0.1, 0.15) is 0 Å². The number of amides is 1. The molecule has 5 N–H and O–H groups in total. The number of carbonyl (C=O) groups excluding carboxylic acids is 1. The molecule has 0 saturated carbocycles. The number of nitrogens with one attached hydrogen (secondary N) is 1. The summed E-state index contributed by atoms with van der Waals surface area (Å²) in [7, 11) is 0. The minimum atomic E-state index is -0.971. The number of aliphatic carboxylic acids is 1. The van der Waals surface area contributed by atoms with E-state index in [4.69, 9.17) is 0 Å². The van der Waals surface area contributed by atoms with Gasteiger partial charge in [-0.15, -0.1) is 0 Å². The van der Waals surface area contributed by atoms with Gasteiger partial charge in [0.15, 0.2) is 0 Å². The summed E-state index contributed by atoms with van der Waals surface area (Å²) in [6, 6.07) is -0.365. The molecule has 0 heterocycles. The number of unbranched alkanes of at least 4 members (excludes halogenated alkanes) is 6. The third-order valence-corrected chi connectivity index (χ3v) is 4.02. The van der Waals surface area contributed by atoms with Crippen LogP contribution in [-0.2, 0) is 9.59 Å². The lowest BCUT2D eigenvalue weighted by Gasteiger charge is -2.31. The largest absolute Gasteiger partial charge is 0.481 e. The summed E-state index contributed by atoms with van der Waals surface area (Å²) in [6.45, 7) is 8.93. The van der Waals surface area contributed by atoms with Gasteiger partial charge < -0.3 is 16.6 Å². The van der Waals surface area contributed by atoms with Gasteiger partial charge in [0.05, 0.1) is 5.41 Å². The third-order valence-electron chi connectivity index (χ3n) is 4.02. The Morgan fingerprint density at radius 1 is 1.14 bits per heavy atom. The Bertz CT molecular complexity index is 341. The van der Waals surface area contributed by atoms with E-state index in [2.05, 4.69) is 18.8 Å². The second kappa shape index (κ2) is 12.2. The van der Waals surface area contributed by atoms with Gasteiger partial charge in [0.2, 0.25) is 5.91 Å². The van der Waals surface area contributed by atoms with E-state index in [0.717, 1.165) is 12.8 Å². The van der Waals surface area contributed by atoms with Gasteiger partial charge in [0, 0.05) is 6.04 Å². The molecule has 1 amide bonds. The molecule has 0 saturated heterocycles. The van der Waals surface area contributed by atoms with E-state index in [-0.39, 0.29) is 18.1 Å². The SMILES string of the molecule is C=CC(=O)NC(CCCCCCCCC)C(C)(C)C(=O)O.N. The standard InChI is InChI=1S/C17H31NO3.H3N/c1-5-7-8-9-10-11-12-13-14(18-15(19)6-2)17(3,4)16(20)21;/h6,14H,2,5,7-13H2,1,3-4H3,(H,18,19)(H,20,21);1H3. The maximum absolute atomic E-state index is 11.5. The fourth-order valence-electron chi connectivity index (χ4n) is 2.30. The summed E-state index contributed by atoms with van der Waals surface area (Å²) < 4.78 is 0. The van der Waals surface area contributed by atoms with Crippen molar-refractivity contribution >= 4 is 11.9 Å². The van der Waals surface area contributed by atoms with Crippen molar-refractivity contribution in [2.45, 2.75) is 78.2 Å². The zero-order valence-electron chi connectivity index (χ0n) is 14.5. The van der Waals surface area contributed by atoms with Crippen LogP contribution in [0.25, 0.3) is 0 Å². The van der Waals surface area contributed by atoms with Crippen LogP contribution in [0.2, 0.25) is 0 Å². The second-order valence-corrected chi connectivity index (χ2v) is 6.20. The second-order valence-electron chi connectivity index (χ2n) is 6.20. The van der Waals surface area contributed by atoms with Gasteiger partial charge in [-0.25, -0.2) is 0 Å². The predicted molar refractivity (Wildman–Crippen MR) is 91.2 cm³/mol. The molecule has 0 rings (SSSR count). The molecule has 0 aliphatic rings. The van der Waals surface area contributed by atoms with Gasteiger partial charge in [-0.05, 0) is 26.3 Å². The molecule has 0 spiro atoms. The van der Waals surface area contributed by atoms with Crippen molar-refractivity contribution in [3.8, 4) is 0 Å². The van der Waals surface area contributed by atoms with Crippen molar-refractivity contribution in [2.24, 2.45) is 5.41 Å². The van der Waals surface area contributed by atoms with E-state index < -0.39 is 11.4 Å². The molecule has 0 aromatic rings. The molecule has 0 aromatic heterocycles. The lowest BCUT2D eigenvalue weighted by atomic mass is 9.81. The van der Waals surface area contributed by atoms with Crippen LogP contribution in [0.3, 0.4) is 0 Å². The molecule has 22 heavy (non-hydrogen) atoms. The molecule has 0 fully saturated rings. The van der Waals surface area contributed by atoms with Crippen LogP contribution < -0.4 is 11.5 Å². The molecule has 0 radical (unpaired) electrons. The zero-order valence-corrected chi connectivity index (χ0v) is 14.5. The highest BCUT2D eigenvalue weighted by Crippen LogP contribution is 2.25. The van der Waals surface area contributed by atoms with E-state index in [1.807, 2.05) is 0 Å². The molecule has 0 aliphatic heterocycles. The summed E-state index contributed by atoms with van der Waals surface area (Å²) in [5, 5.41) is 12.1. The van der Waals surface area contributed by atoms with Gasteiger partial charge in [-0.3, -0.25) is 9.59 Å². The summed E-state index contributed by atoms with van der Waals surface area (Å²) in [5.74, 6) is -1.20. The Labute approximate surface area is 135 Å². The lowest BCUT2D eigenvalue weighted by molar-refractivity contribution is -0.149. The van der Waals surface area contributed by atoms with Crippen molar-refractivity contribution in [3.63, 3.8) is 0 Å². The van der Waals surface area contributed by atoms with Crippen LogP contribution in [0.15, 0.2) is 12.7 Å². The Morgan fingerprint density at radius 3 is 2.09 bits per heavy atom. The fourth-order valence-corrected chi connectivity index (χ4v) is 2.30. The summed E-state index contributed by atoms with van der Waals surface area (Å²) >= 11 is 0. The number of carbonyl (C=O) groups is 2. The maximum atomic E-state index is 11.5. The van der Waals surface area contributed by atoms with E-state index in [1.54, 1.807) is 13.8 Å². The molecule has 130 valence electrons. The van der Waals surface area contributed by atoms with Crippen LogP contribution in [-0.4, -0.2) is 23.0 Å². The first-order valence-corrected chi connectivity index (χ1v) is 8.02. The fraction of sp³-hybridized carbons (Fsp3) is 0.765. The highest BCUT2D eigenvalue weighted by atomic mass is 16.4. The predicted octanol–water partition coefficient (Wildman–Crippen LogP) is 4.07. The first-order chi connectivity index (χ1) is 9.86. The van der Waals surface area contributed by atoms with Crippen molar-refractivity contribution in [3.05, 3.63) is 12.7 Å². The van der Waals surface area contributed by atoms with Crippen molar-refractivity contribution in [1.82, 2.24) is 11.5 Å². The number of carboxylic acid groups (broad SMARTS) is 1. The van der Waals surface area contributed by atoms with Crippen molar-refractivity contribution in [2.75, 3.05) is 0 Å². The minimum absolute atomic E-state index is 0. The molecule has 5 nitrogen and oxygen atoms in total. The molecule has 5 heteroatoms. The van der Waals surface area contributed by atoms with Gasteiger partial charge in [-0.1, -0.05) is 58.4 Å². The maximum Gasteiger partial charge on any atom is 0.311 e. The average Bonchev–Trinajstić information content (AvgIpc) is 2.44. The van der Waals surface area contributed by atoms with E-state index in [0.29, 0.717) is 6.42 Å². The number of rotatable bonds is 12. The van der Waals surface area contributed by atoms with Gasteiger partial charge in [-0.2, -0.15) is 0 Å². The van der Waals surface area contributed by atoms with Crippen LogP contribution in [0.1, 0.15) is 72.1 Å². The summed E-state index contributed by atoms with van der Waals surface area (Å²) in [6.07, 6.45) is 10.1. The first-order valence-electron chi connectivity index (χ1n) is 8.02. The highest BCUT2D eigenvalue weighted by Gasteiger charge is 2.37. The minimum Gasteiger partial charge on any atom is -0.481 e. The Morgan fingerprint density at radius 2 is 1.64 bits per heavy atom. The molecule has 0 bridgehead atoms. The monoisotopic (exact) mass is 314 g/mol. The quantitative estimate of drug-likeness (QED) is 0.373. The van der Waals surface area contributed by atoms with Crippen LogP contribution in [0, 0.1) is 5.41 Å². The normalized spacial score (nSPS) is 12.1. The highest BCUT2D eigenvalue weighted by molar-refractivity contribution is 5.88. The van der Waals surface area contributed by atoms with Gasteiger partial charge >= 0.3 is 5.97 Å². The zero-order chi connectivity index (χ0) is 16.3. The molecule has 0 aliphatic carbocycles. The average molecular weight is 314 g/mol. The van der Waals surface area contributed by atoms with Crippen molar-refractivity contribution in [1.29, 1.82) is 0 Å². The Hall–Kier alpha value is -1.36. The van der Waals surface area contributed by atoms with E-state index in [1.165, 1.54) is 38.2 Å². The van der Waals surface area contributed by atoms with Crippen LogP contribution in [0.5, 0.6) is 0 Å². The van der Waals surface area contributed by atoms with E-state index in [9.17, 15) is 14.7 Å². The van der Waals surface area contributed by atoms with Crippen LogP contribution in [0.4, 0.5) is 0 Å². The molecular formula is C17H34N2O3. The molecule has 1 unspecified atom stereocenters. The number of hydrogen-bond donors (Lipinski definition) is 3. The van der Waals surface area contributed by atoms with Gasteiger partial charge in [0.25, 0.3) is 0 Å². The van der Waals surface area contributed by atoms with E-state index >= 15 is 0 Å². The first kappa shape index (κ1) is 22.9. The molecular weight excluding hydrogens is 280 g/mol. The van der Waals surface area contributed by atoms with Crippen molar-refractivity contribution < 1.29 is 14.7 Å². The Balaban J connectivity index is 0. The smallest absolute Gasteiger partial charge is 0.311 e. The van der Waals surface area contributed by atoms with Crippen LogP contribution >= 0.6 is 0 Å². The Kier molecular flexibility index (Phi) is 12.7. The molecule has 1 atom stereocenters. The summed E-state index contributed by atoms with van der Waals surface area (Å²) in [5.41, 5.74) is -0.971. The molecule has 0 aromatic carbocycles. The summed E-state index contributed by atoms with van der Waals surface area (Å²) in [4.78, 5) is 22.8. The number of carboxylic acids is 1. The number of hydrogen-bond acceptors (Lipinski definition) is 3. The topological polar surface area (TPSA) is 101 Å². The lowest BCUT2D eigenvalue weighted by Crippen LogP contribution is -2.48. The third kappa shape index (κ3) is 8.82.